The van der Waals surface area contributed by atoms with E-state index >= 15 is 0 Å². The van der Waals surface area contributed by atoms with Crippen molar-refractivity contribution in [2.24, 2.45) is 11.8 Å². The predicted octanol–water partition coefficient (Wildman–Crippen LogP) is 3.29. The zero-order valence-electron chi connectivity index (χ0n) is 14.0. The van der Waals surface area contributed by atoms with Crippen LogP contribution in [0, 0.1) is 11.8 Å². The van der Waals surface area contributed by atoms with Crippen LogP contribution in [-0.4, -0.2) is 39.7 Å². The molecule has 3 aliphatic rings. The standard InChI is InChI=1S/C19H24N4O/c1-4-14(5-1)11-23-12-16-7-2-8-19(16,13-23)18-21-17(22-24-18)15-6-3-9-20-10-15/h3,6,9-10,14,16H,1-2,4-5,7-8,11-13H2/t16-,19-/m1/s1. The fourth-order valence-corrected chi connectivity index (χ4v) is 4.96. The minimum absolute atomic E-state index is 0.0945. The van der Waals surface area contributed by atoms with E-state index in [0.717, 1.165) is 23.9 Å². The van der Waals surface area contributed by atoms with E-state index in [1.807, 2.05) is 12.1 Å². The van der Waals surface area contributed by atoms with Crippen molar-refractivity contribution in [3.8, 4) is 11.4 Å². The molecule has 0 bridgehead atoms. The maximum absolute atomic E-state index is 5.79. The molecule has 0 amide bonds. The van der Waals surface area contributed by atoms with Gasteiger partial charge < -0.3 is 9.42 Å². The second kappa shape index (κ2) is 5.66. The third-order valence-electron chi connectivity index (χ3n) is 6.45. The maximum Gasteiger partial charge on any atom is 0.234 e. The summed E-state index contributed by atoms with van der Waals surface area (Å²) in [6.45, 7) is 3.58. The van der Waals surface area contributed by atoms with Crippen LogP contribution in [0.2, 0.25) is 0 Å². The van der Waals surface area contributed by atoms with E-state index in [4.69, 9.17) is 9.51 Å². The first kappa shape index (κ1) is 14.6. The van der Waals surface area contributed by atoms with Crippen LogP contribution >= 0.6 is 0 Å². The SMILES string of the molecule is c1cncc(-c2noc([C@@]34CCC[C@@H]3CN(CC3CCC3)C4)n2)c1. The first-order valence-corrected chi connectivity index (χ1v) is 9.30. The molecule has 2 atom stereocenters. The van der Waals surface area contributed by atoms with Gasteiger partial charge in [0, 0.05) is 37.6 Å². The number of pyridine rings is 1. The number of likely N-dealkylation sites (tertiary alicyclic amines) is 1. The Bertz CT molecular complexity index is 711. The summed E-state index contributed by atoms with van der Waals surface area (Å²) < 4.78 is 5.79. The highest BCUT2D eigenvalue weighted by Crippen LogP contribution is 2.50. The fraction of sp³-hybridized carbons (Fsp3) is 0.632. The Kier molecular flexibility index (Phi) is 3.44. The molecule has 126 valence electrons. The van der Waals surface area contributed by atoms with Crippen LogP contribution in [0.1, 0.15) is 44.4 Å². The minimum atomic E-state index is 0.0945. The summed E-state index contributed by atoms with van der Waals surface area (Å²) in [5.41, 5.74) is 1.03. The van der Waals surface area contributed by atoms with E-state index < -0.39 is 0 Å². The van der Waals surface area contributed by atoms with Gasteiger partial charge in [-0.2, -0.15) is 4.98 Å². The maximum atomic E-state index is 5.79. The van der Waals surface area contributed by atoms with E-state index in [1.165, 1.54) is 51.6 Å². The summed E-state index contributed by atoms with van der Waals surface area (Å²) >= 11 is 0. The Morgan fingerprint density at radius 1 is 1.25 bits per heavy atom. The van der Waals surface area contributed by atoms with E-state index in [0.29, 0.717) is 11.7 Å². The van der Waals surface area contributed by atoms with Crippen molar-refractivity contribution in [1.29, 1.82) is 0 Å². The molecule has 0 aromatic carbocycles. The van der Waals surface area contributed by atoms with E-state index in [9.17, 15) is 0 Å². The van der Waals surface area contributed by atoms with Crippen molar-refractivity contribution in [3.63, 3.8) is 0 Å². The molecule has 5 nitrogen and oxygen atoms in total. The summed E-state index contributed by atoms with van der Waals surface area (Å²) in [6.07, 6.45) is 11.6. The van der Waals surface area contributed by atoms with Crippen LogP contribution < -0.4 is 0 Å². The molecule has 1 saturated heterocycles. The van der Waals surface area contributed by atoms with E-state index in [2.05, 4.69) is 15.0 Å². The molecular weight excluding hydrogens is 300 g/mol. The molecule has 0 spiro atoms. The topological polar surface area (TPSA) is 55.1 Å². The van der Waals surface area contributed by atoms with Gasteiger partial charge in [-0.3, -0.25) is 4.98 Å². The van der Waals surface area contributed by atoms with Crippen molar-refractivity contribution in [2.45, 2.75) is 43.9 Å². The number of fused-ring (bicyclic) bond motifs is 1. The molecule has 2 saturated carbocycles. The molecule has 2 aromatic heterocycles. The third-order valence-corrected chi connectivity index (χ3v) is 6.45. The highest BCUT2D eigenvalue weighted by atomic mass is 16.5. The zero-order chi connectivity index (χ0) is 16.0. The zero-order valence-corrected chi connectivity index (χ0v) is 14.0. The molecular formula is C19H24N4O. The monoisotopic (exact) mass is 324 g/mol. The van der Waals surface area contributed by atoms with Gasteiger partial charge >= 0.3 is 0 Å². The number of hydrogen-bond acceptors (Lipinski definition) is 5. The molecule has 5 rings (SSSR count). The van der Waals surface area contributed by atoms with Gasteiger partial charge in [0.2, 0.25) is 11.7 Å². The third kappa shape index (κ3) is 2.29. The summed E-state index contributed by atoms with van der Waals surface area (Å²) in [5.74, 6) is 3.14. The second-order valence-electron chi connectivity index (χ2n) is 7.90. The van der Waals surface area contributed by atoms with Crippen molar-refractivity contribution in [3.05, 3.63) is 30.4 Å². The molecule has 0 N–H and O–H groups in total. The summed E-state index contributed by atoms with van der Waals surface area (Å²) in [4.78, 5) is 11.6. The Hall–Kier alpha value is -1.75. The van der Waals surface area contributed by atoms with Gasteiger partial charge in [-0.25, -0.2) is 0 Å². The highest BCUT2D eigenvalue weighted by Gasteiger charge is 2.54. The van der Waals surface area contributed by atoms with Crippen molar-refractivity contribution in [1.82, 2.24) is 20.0 Å². The Labute approximate surface area is 142 Å². The van der Waals surface area contributed by atoms with Gasteiger partial charge in [0.25, 0.3) is 0 Å². The quantitative estimate of drug-likeness (QED) is 0.864. The average Bonchev–Trinajstić information content (AvgIpc) is 3.25. The second-order valence-corrected chi connectivity index (χ2v) is 7.90. The van der Waals surface area contributed by atoms with Crippen LogP contribution in [0.3, 0.4) is 0 Å². The summed E-state index contributed by atoms with van der Waals surface area (Å²) in [7, 11) is 0. The summed E-state index contributed by atoms with van der Waals surface area (Å²) in [5, 5.41) is 4.25. The lowest BCUT2D eigenvalue weighted by atomic mass is 9.80. The molecule has 2 aromatic rings. The summed E-state index contributed by atoms with van der Waals surface area (Å²) in [6, 6.07) is 3.90. The van der Waals surface area contributed by atoms with Gasteiger partial charge in [0.1, 0.15) is 0 Å². The van der Waals surface area contributed by atoms with Crippen LogP contribution in [0.15, 0.2) is 29.0 Å². The molecule has 0 unspecified atom stereocenters. The van der Waals surface area contributed by atoms with Crippen LogP contribution in [0.25, 0.3) is 11.4 Å². The lowest BCUT2D eigenvalue weighted by Gasteiger charge is -2.31. The lowest BCUT2D eigenvalue weighted by Crippen LogP contribution is -2.35. The average molecular weight is 324 g/mol. The fourth-order valence-electron chi connectivity index (χ4n) is 4.96. The van der Waals surface area contributed by atoms with Crippen molar-refractivity contribution in [2.75, 3.05) is 19.6 Å². The van der Waals surface area contributed by atoms with E-state index in [-0.39, 0.29) is 5.41 Å². The molecule has 1 aliphatic heterocycles. The highest BCUT2D eigenvalue weighted by molar-refractivity contribution is 5.52. The molecule has 2 aliphatic carbocycles. The van der Waals surface area contributed by atoms with Crippen molar-refractivity contribution < 1.29 is 4.52 Å². The minimum Gasteiger partial charge on any atom is -0.338 e. The number of nitrogens with zero attached hydrogens (tertiary/aromatic N) is 4. The van der Waals surface area contributed by atoms with Gasteiger partial charge in [0.15, 0.2) is 0 Å². The molecule has 3 fully saturated rings. The van der Waals surface area contributed by atoms with Gasteiger partial charge in [0.05, 0.1) is 5.41 Å². The van der Waals surface area contributed by atoms with Gasteiger partial charge in [-0.05, 0) is 49.7 Å². The number of aromatic nitrogens is 3. The molecule has 24 heavy (non-hydrogen) atoms. The largest absolute Gasteiger partial charge is 0.338 e. The van der Waals surface area contributed by atoms with Crippen LogP contribution in [0.4, 0.5) is 0 Å². The lowest BCUT2D eigenvalue weighted by molar-refractivity contribution is 0.187. The van der Waals surface area contributed by atoms with Gasteiger partial charge in [-0.1, -0.05) is 18.0 Å². The van der Waals surface area contributed by atoms with Crippen LogP contribution in [-0.2, 0) is 5.41 Å². The Balaban J connectivity index is 1.41. The number of hydrogen-bond donors (Lipinski definition) is 0. The molecule has 0 radical (unpaired) electrons. The molecule has 3 heterocycles. The van der Waals surface area contributed by atoms with Gasteiger partial charge in [-0.15, -0.1) is 0 Å². The first-order chi connectivity index (χ1) is 11.8. The van der Waals surface area contributed by atoms with Crippen LogP contribution in [0.5, 0.6) is 0 Å². The van der Waals surface area contributed by atoms with E-state index in [1.54, 1.807) is 12.4 Å². The van der Waals surface area contributed by atoms with Crippen molar-refractivity contribution >= 4 is 0 Å². The Morgan fingerprint density at radius 2 is 2.21 bits per heavy atom. The molecule has 5 heteroatoms. The first-order valence-electron chi connectivity index (χ1n) is 9.30. The smallest absolute Gasteiger partial charge is 0.234 e. The Morgan fingerprint density at radius 3 is 3.00 bits per heavy atom. The predicted molar refractivity (Wildman–Crippen MR) is 90.3 cm³/mol. The number of rotatable bonds is 4. The normalized spacial score (nSPS) is 30.4.